The third-order valence-electron chi connectivity index (χ3n) is 3.39. The Bertz CT molecular complexity index is 430. The van der Waals surface area contributed by atoms with E-state index in [0.717, 1.165) is 29.5 Å². The SMILES string of the molecule is Cc1ccc(C)c(C(=O)NC2CCCC2Br)c1. The molecule has 0 bridgehead atoms. The van der Waals surface area contributed by atoms with Gasteiger partial charge in [0.1, 0.15) is 0 Å². The molecule has 17 heavy (non-hydrogen) atoms. The third kappa shape index (κ3) is 2.89. The summed E-state index contributed by atoms with van der Waals surface area (Å²) in [7, 11) is 0. The maximum absolute atomic E-state index is 12.2. The smallest absolute Gasteiger partial charge is 0.251 e. The number of carbonyl (C=O) groups excluding carboxylic acids is 1. The highest BCUT2D eigenvalue weighted by Crippen LogP contribution is 2.26. The summed E-state index contributed by atoms with van der Waals surface area (Å²) in [6, 6.07) is 6.28. The maximum atomic E-state index is 12.2. The van der Waals surface area contributed by atoms with Crippen LogP contribution in [-0.4, -0.2) is 16.8 Å². The van der Waals surface area contributed by atoms with Crippen LogP contribution in [0, 0.1) is 13.8 Å². The topological polar surface area (TPSA) is 29.1 Å². The van der Waals surface area contributed by atoms with Crippen LogP contribution >= 0.6 is 15.9 Å². The largest absolute Gasteiger partial charge is 0.348 e. The molecule has 2 atom stereocenters. The molecule has 1 aliphatic rings. The Morgan fingerprint density at radius 1 is 1.35 bits per heavy atom. The number of carbonyl (C=O) groups is 1. The zero-order valence-electron chi connectivity index (χ0n) is 10.3. The van der Waals surface area contributed by atoms with Gasteiger partial charge in [-0.3, -0.25) is 4.79 Å². The number of rotatable bonds is 2. The number of aryl methyl sites for hydroxylation is 2. The molecule has 0 saturated heterocycles. The van der Waals surface area contributed by atoms with E-state index in [-0.39, 0.29) is 11.9 Å². The zero-order chi connectivity index (χ0) is 12.4. The van der Waals surface area contributed by atoms with Crippen LogP contribution < -0.4 is 5.32 Å². The summed E-state index contributed by atoms with van der Waals surface area (Å²) in [4.78, 5) is 12.6. The predicted molar refractivity (Wildman–Crippen MR) is 73.7 cm³/mol. The fourth-order valence-corrected chi connectivity index (χ4v) is 3.02. The van der Waals surface area contributed by atoms with E-state index in [1.54, 1.807) is 0 Å². The Labute approximate surface area is 111 Å². The van der Waals surface area contributed by atoms with Gasteiger partial charge in [0.15, 0.2) is 0 Å². The molecule has 2 nitrogen and oxygen atoms in total. The lowest BCUT2D eigenvalue weighted by molar-refractivity contribution is 0.0938. The minimum atomic E-state index is 0.0579. The van der Waals surface area contributed by atoms with Crippen LogP contribution in [0.3, 0.4) is 0 Å². The molecule has 3 heteroatoms. The fourth-order valence-electron chi connectivity index (χ4n) is 2.30. The molecule has 92 valence electrons. The number of hydrogen-bond donors (Lipinski definition) is 1. The minimum Gasteiger partial charge on any atom is -0.348 e. The zero-order valence-corrected chi connectivity index (χ0v) is 11.9. The number of nitrogens with one attached hydrogen (secondary N) is 1. The molecule has 0 radical (unpaired) electrons. The highest BCUT2D eigenvalue weighted by molar-refractivity contribution is 9.09. The van der Waals surface area contributed by atoms with Crippen molar-refractivity contribution in [3.8, 4) is 0 Å². The molecular weight excluding hydrogens is 278 g/mol. The normalized spacial score (nSPS) is 23.7. The molecule has 0 aliphatic heterocycles. The van der Waals surface area contributed by atoms with Crippen LogP contribution in [0.4, 0.5) is 0 Å². The van der Waals surface area contributed by atoms with Crippen LogP contribution in [0.2, 0.25) is 0 Å². The Hall–Kier alpha value is -0.830. The maximum Gasteiger partial charge on any atom is 0.251 e. The van der Waals surface area contributed by atoms with Gasteiger partial charge >= 0.3 is 0 Å². The van der Waals surface area contributed by atoms with E-state index in [1.807, 2.05) is 32.0 Å². The summed E-state index contributed by atoms with van der Waals surface area (Å²) in [5.41, 5.74) is 2.97. The number of alkyl halides is 1. The van der Waals surface area contributed by atoms with Crippen molar-refractivity contribution in [1.82, 2.24) is 5.32 Å². The summed E-state index contributed by atoms with van der Waals surface area (Å²) < 4.78 is 0. The van der Waals surface area contributed by atoms with E-state index in [0.29, 0.717) is 4.83 Å². The molecule has 1 aliphatic carbocycles. The van der Waals surface area contributed by atoms with Gasteiger partial charge in [-0.25, -0.2) is 0 Å². The van der Waals surface area contributed by atoms with Gasteiger partial charge in [0.2, 0.25) is 0 Å². The lowest BCUT2D eigenvalue weighted by atomic mass is 10.0. The van der Waals surface area contributed by atoms with Crippen molar-refractivity contribution in [2.75, 3.05) is 0 Å². The first-order chi connectivity index (χ1) is 8.08. The Balaban J connectivity index is 2.11. The van der Waals surface area contributed by atoms with Gasteiger partial charge in [-0.15, -0.1) is 0 Å². The number of benzene rings is 1. The molecule has 1 N–H and O–H groups in total. The van der Waals surface area contributed by atoms with Crippen LogP contribution in [0.5, 0.6) is 0 Å². The third-order valence-corrected chi connectivity index (χ3v) is 4.48. The standard InChI is InChI=1S/C14H18BrNO/c1-9-6-7-10(2)11(8-9)14(17)16-13-5-3-4-12(13)15/h6-8,12-13H,3-5H2,1-2H3,(H,16,17). The molecule has 1 saturated carbocycles. The van der Waals surface area contributed by atoms with Crippen LogP contribution in [0.15, 0.2) is 18.2 Å². The summed E-state index contributed by atoms with van der Waals surface area (Å²) in [6.45, 7) is 3.99. The monoisotopic (exact) mass is 295 g/mol. The second-order valence-electron chi connectivity index (χ2n) is 4.85. The number of hydrogen-bond acceptors (Lipinski definition) is 1. The van der Waals surface area contributed by atoms with Gasteiger partial charge in [0.05, 0.1) is 0 Å². The summed E-state index contributed by atoms with van der Waals surface area (Å²) in [5, 5.41) is 3.13. The Morgan fingerprint density at radius 3 is 2.76 bits per heavy atom. The second kappa shape index (κ2) is 5.21. The van der Waals surface area contributed by atoms with Crippen molar-refractivity contribution < 1.29 is 4.79 Å². The first kappa shape index (κ1) is 12.6. The van der Waals surface area contributed by atoms with E-state index in [4.69, 9.17) is 0 Å². The molecule has 2 unspecified atom stereocenters. The van der Waals surface area contributed by atoms with Crippen LogP contribution in [0.25, 0.3) is 0 Å². The van der Waals surface area contributed by atoms with E-state index < -0.39 is 0 Å². The van der Waals surface area contributed by atoms with Crippen molar-refractivity contribution in [3.05, 3.63) is 34.9 Å². The predicted octanol–water partition coefficient (Wildman–Crippen LogP) is 3.35. The average molecular weight is 296 g/mol. The van der Waals surface area contributed by atoms with E-state index in [9.17, 15) is 4.79 Å². The molecule has 2 rings (SSSR count). The lowest BCUT2D eigenvalue weighted by Gasteiger charge is -2.17. The molecule has 0 heterocycles. The van der Waals surface area contributed by atoms with Gasteiger partial charge in [0.25, 0.3) is 5.91 Å². The summed E-state index contributed by atoms with van der Waals surface area (Å²) in [5.74, 6) is 0.0579. The van der Waals surface area contributed by atoms with Gasteiger partial charge in [-0.05, 0) is 38.3 Å². The highest BCUT2D eigenvalue weighted by atomic mass is 79.9. The fraction of sp³-hybridized carbons (Fsp3) is 0.500. The van der Waals surface area contributed by atoms with Gasteiger partial charge in [0, 0.05) is 16.4 Å². The first-order valence-electron chi connectivity index (χ1n) is 6.10. The van der Waals surface area contributed by atoms with Gasteiger partial charge in [-0.2, -0.15) is 0 Å². The molecule has 0 aromatic heterocycles. The van der Waals surface area contributed by atoms with Gasteiger partial charge in [-0.1, -0.05) is 40.0 Å². The molecule has 1 aromatic rings. The molecule has 0 spiro atoms. The van der Waals surface area contributed by atoms with E-state index in [2.05, 4.69) is 21.2 Å². The van der Waals surface area contributed by atoms with Crippen LogP contribution in [-0.2, 0) is 0 Å². The second-order valence-corrected chi connectivity index (χ2v) is 6.02. The number of amides is 1. The molecule has 1 fully saturated rings. The van der Waals surface area contributed by atoms with Crippen LogP contribution in [0.1, 0.15) is 40.7 Å². The molecular formula is C14H18BrNO. The van der Waals surface area contributed by atoms with Gasteiger partial charge < -0.3 is 5.32 Å². The van der Waals surface area contributed by atoms with Crippen molar-refractivity contribution in [2.45, 2.75) is 44.0 Å². The average Bonchev–Trinajstić information content (AvgIpc) is 2.68. The highest BCUT2D eigenvalue weighted by Gasteiger charge is 2.26. The van der Waals surface area contributed by atoms with E-state index >= 15 is 0 Å². The first-order valence-corrected chi connectivity index (χ1v) is 7.01. The Morgan fingerprint density at radius 2 is 2.12 bits per heavy atom. The minimum absolute atomic E-state index is 0.0579. The molecule has 1 amide bonds. The Kier molecular flexibility index (Phi) is 3.87. The van der Waals surface area contributed by atoms with Crippen molar-refractivity contribution >= 4 is 21.8 Å². The van der Waals surface area contributed by atoms with Crippen molar-refractivity contribution in [1.29, 1.82) is 0 Å². The van der Waals surface area contributed by atoms with E-state index in [1.165, 1.54) is 6.42 Å². The quantitative estimate of drug-likeness (QED) is 0.833. The molecule has 1 aromatic carbocycles. The van der Waals surface area contributed by atoms with Crippen molar-refractivity contribution in [3.63, 3.8) is 0 Å². The summed E-state index contributed by atoms with van der Waals surface area (Å²) in [6.07, 6.45) is 3.41. The summed E-state index contributed by atoms with van der Waals surface area (Å²) >= 11 is 3.62. The lowest BCUT2D eigenvalue weighted by Crippen LogP contribution is -2.38. The van der Waals surface area contributed by atoms with Crippen molar-refractivity contribution in [2.24, 2.45) is 0 Å². The number of halogens is 1.